The average Bonchev–Trinajstić information content (AvgIpc) is 3.54. The maximum Gasteiger partial charge on any atom is 0.341 e. The van der Waals surface area contributed by atoms with Crippen LogP contribution in [0.2, 0.25) is 10.0 Å². The van der Waals surface area contributed by atoms with E-state index in [0.29, 0.717) is 32.5 Å². The van der Waals surface area contributed by atoms with Gasteiger partial charge in [0.1, 0.15) is 11.6 Å². The molecule has 11 heteroatoms. The van der Waals surface area contributed by atoms with Crippen LogP contribution in [-0.2, 0) is 4.74 Å². The van der Waals surface area contributed by atoms with E-state index in [1.54, 1.807) is 17.8 Å². The Kier molecular flexibility index (Phi) is 6.58. The van der Waals surface area contributed by atoms with E-state index in [0.717, 1.165) is 11.1 Å². The van der Waals surface area contributed by atoms with Crippen LogP contribution in [0, 0.1) is 0 Å². The highest BCUT2D eigenvalue weighted by molar-refractivity contribution is 6.30. The highest BCUT2D eigenvalue weighted by atomic mass is 35.5. The lowest BCUT2D eigenvalue weighted by Crippen LogP contribution is -2.15. The Balaban J connectivity index is 1.64. The van der Waals surface area contributed by atoms with Crippen LogP contribution in [0.25, 0.3) is 17.0 Å². The van der Waals surface area contributed by atoms with Gasteiger partial charge >= 0.3 is 5.97 Å². The van der Waals surface area contributed by atoms with Gasteiger partial charge in [-0.1, -0.05) is 47.5 Å². The number of methoxy groups -OCH3 is 1. The van der Waals surface area contributed by atoms with Crippen molar-refractivity contribution in [3.63, 3.8) is 0 Å². The van der Waals surface area contributed by atoms with Crippen molar-refractivity contribution in [2.45, 2.75) is 13.0 Å². The molecule has 0 N–H and O–H groups in total. The summed E-state index contributed by atoms with van der Waals surface area (Å²) in [5.74, 6) is 0.0518. The average molecular weight is 523 g/mol. The summed E-state index contributed by atoms with van der Waals surface area (Å²) >= 11 is 12.3. The summed E-state index contributed by atoms with van der Waals surface area (Å²) < 4.78 is 13.9. The van der Waals surface area contributed by atoms with Gasteiger partial charge in [0.05, 0.1) is 31.7 Å². The summed E-state index contributed by atoms with van der Waals surface area (Å²) in [6.45, 7) is 2.01. The van der Waals surface area contributed by atoms with Crippen LogP contribution >= 0.6 is 23.2 Å². The van der Waals surface area contributed by atoms with Crippen molar-refractivity contribution in [3.8, 4) is 11.8 Å². The first-order chi connectivity index (χ1) is 17.5. The van der Waals surface area contributed by atoms with Crippen LogP contribution in [0.15, 0.2) is 67.1 Å². The van der Waals surface area contributed by atoms with Crippen LogP contribution in [0.5, 0.6) is 5.88 Å². The highest BCUT2D eigenvalue weighted by Crippen LogP contribution is 2.33. The minimum Gasteiger partial charge on any atom is -0.479 e. The molecule has 0 atom stereocenters. The molecule has 0 unspecified atom stereocenters. The number of ether oxygens (including phenoxy) is 2. The van der Waals surface area contributed by atoms with E-state index in [1.165, 1.54) is 24.2 Å². The molecule has 3 aromatic heterocycles. The van der Waals surface area contributed by atoms with Crippen molar-refractivity contribution in [1.29, 1.82) is 0 Å². The Morgan fingerprint density at radius 1 is 0.944 bits per heavy atom. The SMILES string of the molecule is CCOC(=O)c1cnn(-c2nc(OC)c3c(cnn3C(c3ccc(Cl)cc3)c3ccc(Cl)cc3)n2)c1. The number of esters is 1. The molecule has 0 aliphatic rings. The standard InChI is InChI=1S/C25H20Cl2N6O3/c1-3-36-24(34)17-12-28-32(14-17)25-30-20-13-29-33(22(20)23(31-25)35-2)21(15-4-8-18(26)9-5-15)16-6-10-19(27)11-7-16/h4-14,21H,3H2,1-2H3. The van der Waals surface area contributed by atoms with E-state index in [2.05, 4.69) is 20.2 Å². The number of fused-ring (bicyclic) bond motifs is 1. The summed E-state index contributed by atoms with van der Waals surface area (Å²) in [4.78, 5) is 21.2. The Hall–Kier alpha value is -3.95. The van der Waals surface area contributed by atoms with E-state index in [9.17, 15) is 4.79 Å². The van der Waals surface area contributed by atoms with Gasteiger partial charge < -0.3 is 9.47 Å². The van der Waals surface area contributed by atoms with Gasteiger partial charge in [-0.3, -0.25) is 0 Å². The Labute approximate surface area is 216 Å². The smallest absolute Gasteiger partial charge is 0.341 e. The topological polar surface area (TPSA) is 97.0 Å². The molecule has 3 heterocycles. The van der Waals surface area contributed by atoms with Gasteiger partial charge in [0.15, 0.2) is 5.52 Å². The third kappa shape index (κ3) is 4.50. The molecule has 2 aromatic carbocycles. The summed E-state index contributed by atoms with van der Waals surface area (Å²) in [5, 5.41) is 10.1. The Bertz CT molecular complexity index is 1480. The summed E-state index contributed by atoms with van der Waals surface area (Å²) in [6, 6.07) is 14.8. The summed E-state index contributed by atoms with van der Waals surface area (Å²) in [6.07, 6.45) is 4.55. The summed E-state index contributed by atoms with van der Waals surface area (Å²) in [7, 11) is 1.52. The van der Waals surface area contributed by atoms with E-state index < -0.39 is 5.97 Å². The maximum absolute atomic E-state index is 12.0. The lowest BCUT2D eigenvalue weighted by Gasteiger charge is -2.20. The number of nitrogens with zero attached hydrogens (tertiary/aromatic N) is 6. The van der Waals surface area contributed by atoms with E-state index in [-0.39, 0.29) is 18.6 Å². The van der Waals surface area contributed by atoms with Crippen molar-refractivity contribution in [2.24, 2.45) is 0 Å². The van der Waals surface area contributed by atoms with E-state index in [1.807, 2.05) is 48.5 Å². The third-order valence-corrected chi connectivity index (χ3v) is 6.01. The van der Waals surface area contributed by atoms with Gasteiger partial charge in [0.2, 0.25) is 5.88 Å². The molecule has 0 aliphatic heterocycles. The van der Waals surface area contributed by atoms with Gasteiger partial charge in [-0.15, -0.1) is 0 Å². The largest absolute Gasteiger partial charge is 0.479 e. The molecule has 5 rings (SSSR count). The molecule has 0 spiro atoms. The van der Waals surface area contributed by atoms with Crippen LogP contribution in [-0.4, -0.2) is 49.2 Å². The van der Waals surface area contributed by atoms with E-state index in [4.69, 9.17) is 32.7 Å². The lowest BCUT2D eigenvalue weighted by molar-refractivity contribution is 0.0526. The van der Waals surface area contributed by atoms with Crippen LogP contribution < -0.4 is 4.74 Å². The number of hydrogen-bond donors (Lipinski definition) is 0. The fourth-order valence-electron chi connectivity index (χ4n) is 3.88. The fraction of sp³-hybridized carbons (Fsp3) is 0.160. The molecule has 0 fully saturated rings. The van der Waals surface area contributed by atoms with Gasteiger partial charge in [-0.2, -0.15) is 15.2 Å². The van der Waals surface area contributed by atoms with Crippen LogP contribution in [0.3, 0.4) is 0 Å². The highest BCUT2D eigenvalue weighted by Gasteiger charge is 2.24. The molecular formula is C25H20Cl2N6O3. The van der Waals surface area contributed by atoms with Crippen molar-refractivity contribution < 1.29 is 14.3 Å². The maximum atomic E-state index is 12.0. The fourth-order valence-corrected chi connectivity index (χ4v) is 4.13. The summed E-state index contributed by atoms with van der Waals surface area (Å²) in [5.41, 5.74) is 3.32. The number of hydrogen-bond acceptors (Lipinski definition) is 7. The Morgan fingerprint density at radius 2 is 1.58 bits per heavy atom. The molecule has 36 heavy (non-hydrogen) atoms. The molecule has 0 amide bonds. The Morgan fingerprint density at radius 3 is 2.17 bits per heavy atom. The van der Waals surface area contributed by atoms with Crippen molar-refractivity contribution in [1.82, 2.24) is 29.5 Å². The van der Waals surface area contributed by atoms with Crippen LogP contribution in [0.1, 0.15) is 34.5 Å². The normalized spacial score (nSPS) is 11.2. The molecule has 0 aliphatic carbocycles. The molecule has 0 radical (unpaired) electrons. The molecule has 5 aromatic rings. The zero-order valence-electron chi connectivity index (χ0n) is 19.3. The first kappa shape index (κ1) is 23.8. The first-order valence-corrected chi connectivity index (χ1v) is 11.8. The molecular weight excluding hydrogens is 503 g/mol. The molecule has 0 bridgehead atoms. The van der Waals surface area contributed by atoms with Gasteiger partial charge in [-0.25, -0.2) is 19.1 Å². The molecule has 9 nitrogen and oxygen atoms in total. The van der Waals surface area contributed by atoms with Crippen molar-refractivity contribution in [2.75, 3.05) is 13.7 Å². The zero-order valence-corrected chi connectivity index (χ0v) is 20.8. The van der Waals surface area contributed by atoms with Gasteiger partial charge in [-0.05, 0) is 42.3 Å². The molecule has 182 valence electrons. The number of halogens is 2. The predicted octanol–water partition coefficient (Wildman–Crippen LogP) is 5.14. The number of benzene rings is 2. The number of rotatable bonds is 7. The van der Waals surface area contributed by atoms with Gasteiger partial charge in [0, 0.05) is 16.2 Å². The number of aromatic nitrogens is 6. The third-order valence-electron chi connectivity index (χ3n) is 5.51. The lowest BCUT2D eigenvalue weighted by atomic mass is 9.99. The molecule has 0 saturated heterocycles. The quantitative estimate of drug-likeness (QED) is 0.273. The van der Waals surface area contributed by atoms with Crippen molar-refractivity contribution in [3.05, 3.63) is 93.9 Å². The number of carbonyl (C=O) groups excluding carboxylic acids is 1. The predicted molar refractivity (Wildman–Crippen MR) is 135 cm³/mol. The minimum atomic E-state index is -0.474. The second kappa shape index (κ2) is 9.96. The first-order valence-electron chi connectivity index (χ1n) is 11.0. The van der Waals surface area contributed by atoms with Gasteiger partial charge in [0.25, 0.3) is 5.95 Å². The second-order valence-corrected chi connectivity index (χ2v) is 8.63. The molecule has 0 saturated carbocycles. The van der Waals surface area contributed by atoms with Crippen LogP contribution in [0.4, 0.5) is 0 Å². The minimum absolute atomic E-state index is 0.226. The second-order valence-electron chi connectivity index (χ2n) is 7.76. The monoisotopic (exact) mass is 522 g/mol. The number of carbonyl (C=O) groups is 1. The van der Waals surface area contributed by atoms with Crippen molar-refractivity contribution >= 4 is 40.2 Å². The zero-order chi connectivity index (χ0) is 25.2. The van der Waals surface area contributed by atoms with E-state index >= 15 is 0 Å².